The van der Waals surface area contributed by atoms with Crippen LogP contribution < -0.4 is 10.1 Å². The molecule has 0 aliphatic carbocycles. The number of carbonyl (C=O) groups is 1. The number of hydrogen-bond donors (Lipinski definition) is 1. The van der Waals surface area contributed by atoms with Gasteiger partial charge in [-0.25, -0.2) is 0 Å². The Hall–Kier alpha value is -2.04. The number of benzene rings is 2. The maximum Gasteiger partial charge on any atom is 0.251 e. The van der Waals surface area contributed by atoms with E-state index in [9.17, 15) is 4.79 Å². The summed E-state index contributed by atoms with van der Waals surface area (Å²) in [7, 11) is 5.62. The predicted octanol–water partition coefficient (Wildman–Crippen LogP) is 3.38. The average Bonchev–Trinajstić information content (AvgIpc) is 2.55. The van der Waals surface area contributed by atoms with Crippen molar-refractivity contribution in [2.24, 2.45) is 0 Å². The molecule has 1 N–H and O–H groups in total. The summed E-state index contributed by atoms with van der Waals surface area (Å²) in [6, 6.07) is 14.8. The summed E-state index contributed by atoms with van der Waals surface area (Å²) in [6.45, 7) is 0.515. The standard InChI is InChI=1S/C18H21ClN2O2/c1-21(2)17(13-6-10-16(23-3)11-7-13)12-20-18(22)14-4-8-15(19)9-5-14/h4-11,17H,12H2,1-3H3,(H,20,22). The van der Waals surface area contributed by atoms with E-state index in [1.165, 1.54) is 0 Å². The van der Waals surface area contributed by atoms with Crippen LogP contribution >= 0.6 is 11.6 Å². The van der Waals surface area contributed by atoms with Crippen molar-refractivity contribution in [1.29, 1.82) is 0 Å². The van der Waals surface area contributed by atoms with Gasteiger partial charge in [0.15, 0.2) is 0 Å². The molecule has 0 bridgehead atoms. The van der Waals surface area contributed by atoms with Crippen LogP contribution in [0.5, 0.6) is 5.75 Å². The monoisotopic (exact) mass is 332 g/mol. The Morgan fingerprint density at radius 3 is 2.26 bits per heavy atom. The molecule has 2 aromatic carbocycles. The van der Waals surface area contributed by atoms with E-state index in [0.717, 1.165) is 11.3 Å². The van der Waals surface area contributed by atoms with Crippen molar-refractivity contribution < 1.29 is 9.53 Å². The molecule has 5 heteroatoms. The number of rotatable bonds is 6. The van der Waals surface area contributed by atoms with Gasteiger partial charge in [0.25, 0.3) is 5.91 Å². The van der Waals surface area contributed by atoms with Gasteiger partial charge in [0, 0.05) is 17.1 Å². The zero-order valence-corrected chi connectivity index (χ0v) is 14.3. The lowest BCUT2D eigenvalue weighted by molar-refractivity contribution is 0.0942. The number of carbonyl (C=O) groups excluding carboxylic acids is 1. The van der Waals surface area contributed by atoms with Crippen molar-refractivity contribution in [2.45, 2.75) is 6.04 Å². The first-order valence-electron chi connectivity index (χ1n) is 7.35. The van der Waals surface area contributed by atoms with Gasteiger partial charge in [-0.1, -0.05) is 23.7 Å². The summed E-state index contributed by atoms with van der Waals surface area (Å²) in [4.78, 5) is 14.3. The molecule has 122 valence electrons. The lowest BCUT2D eigenvalue weighted by Crippen LogP contribution is -2.34. The fourth-order valence-corrected chi connectivity index (χ4v) is 2.44. The van der Waals surface area contributed by atoms with Crippen molar-refractivity contribution >= 4 is 17.5 Å². The molecule has 0 fully saturated rings. The number of methoxy groups -OCH3 is 1. The minimum atomic E-state index is -0.109. The molecule has 1 amide bonds. The van der Waals surface area contributed by atoms with Crippen molar-refractivity contribution in [3.63, 3.8) is 0 Å². The molecule has 2 rings (SSSR count). The number of halogens is 1. The van der Waals surface area contributed by atoms with Crippen LogP contribution in [0.2, 0.25) is 5.02 Å². The Kier molecular flexibility index (Phi) is 6.02. The average molecular weight is 333 g/mol. The molecule has 0 aliphatic rings. The topological polar surface area (TPSA) is 41.6 Å². The quantitative estimate of drug-likeness (QED) is 0.881. The van der Waals surface area contributed by atoms with Crippen LogP contribution in [-0.4, -0.2) is 38.6 Å². The van der Waals surface area contributed by atoms with Crippen LogP contribution in [0.1, 0.15) is 22.0 Å². The first-order chi connectivity index (χ1) is 11.0. The van der Waals surface area contributed by atoms with Crippen LogP contribution in [0, 0.1) is 0 Å². The summed E-state index contributed by atoms with van der Waals surface area (Å²) < 4.78 is 5.18. The van der Waals surface area contributed by atoms with Crippen molar-refractivity contribution in [3.05, 3.63) is 64.7 Å². The Morgan fingerprint density at radius 1 is 1.13 bits per heavy atom. The van der Waals surface area contributed by atoms with Crippen LogP contribution in [-0.2, 0) is 0 Å². The summed E-state index contributed by atoms with van der Waals surface area (Å²) >= 11 is 5.84. The van der Waals surface area contributed by atoms with Gasteiger partial charge in [-0.15, -0.1) is 0 Å². The molecule has 0 saturated carbocycles. The van der Waals surface area contributed by atoms with Gasteiger partial charge < -0.3 is 15.0 Å². The zero-order chi connectivity index (χ0) is 16.8. The maximum absolute atomic E-state index is 12.2. The number of likely N-dealkylation sites (N-methyl/N-ethyl adjacent to an activating group) is 1. The predicted molar refractivity (Wildman–Crippen MR) is 93.2 cm³/mol. The first-order valence-corrected chi connectivity index (χ1v) is 7.73. The van der Waals surface area contributed by atoms with Gasteiger partial charge in [0.2, 0.25) is 0 Å². The van der Waals surface area contributed by atoms with E-state index in [1.807, 2.05) is 38.4 Å². The summed E-state index contributed by atoms with van der Waals surface area (Å²) in [5.41, 5.74) is 1.72. The fourth-order valence-electron chi connectivity index (χ4n) is 2.32. The van der Waals surface area contributed by atoms with Gasteiger partial charge in [-0.05, 0) is 56.1 Å². The van der Waals surface area contributed by atoms with Gasteiger partial charge in [-0.3, -0.25) is 4.79 Å². The summed E-state index contributed by atoms with van der Waals surface area (Å²) in [5, 5.41) is 3.59. The molecule has 0 spiro atoms. The highest BCUT2D eigenvalue weighted by Crippen LogP contribution is 2.21. The molecule has 0 aromatic heterocycles. The molecule has 0 aliphatic heterocycles. The Balaban J connectivity index is 2.04. The molecule has 1 unspecified atom stereocenters. The first kappa shape index (κ1) is 17.3. The van der Waals surface area contributed by atoms with Gasteiger partial charge in [0.05, 0.1) is 13.2 Å². The highest BCUT2D eigenvalue weighted by molar-refractivity contribution is 6.30. The van der Waals surface area contributed by atoms with Crippen LogP contribution in [0.3, 0.4) is 0 Å². The van der Waals surface area contributed by atoms with E-state index in [0.29, 0.717) is 17.1 Å². The number of nitrogens with one attached hydrogen (secondary N) is 1. The number of hydrogen-bond acceptors (Lipinski definition) is 3. The smallest absolute Gasteiger partial charge is 0.251 e. The number of amides is 1. The highest BCUT2D eigenvalue weighted by Gasteiger charge is 2.16. The maximum atomic E-state index is 12.2. The molecular weight excluding hydrogens is 312 g/mol. The largest absolute Gasteiger partial charge is 0.497 e. The van der Waals surface area contributed by atoms with Crippen LogP contribution in [0.4, 0.5) is 0 Å². The normalized spacial score (nSPS) is 12.0. The van der Waals surface area contributed by atoms with Crippen LogP contribution in [0.15, 0.2) is 48.5 Å². The molecular formula is C18H21ClN2O2. The SMILES string of the molecule is COc1ccc(C(CNC(=O)c2ccc(Cl)cc2)N(C)C)cc1. The molecule has 0 radical (unpaired) electrons. The summed E-state index contributed by atoms with van der Waals surface area (Å²) in [5.74, 6) is 0.707. The lowest BCUT2D eigenvalue weighted by atomic mass is 10.1. The highest BCUT2D eigenvalue weighted by atomic mass is 35.5. The number of ether oxygens (including phenoxy) is 1. The fraction of sp³-hybridized carbons (Fsp3) is 0.278. The second kappa shape index (κ2) is 7.99. The third kappa shape index (κ3) is 4.71. The second-order valence-corrected chi connectivity index (χ2v) is 5.91. The zero-order valence-electron chi connectivity index (χ0n) is 13.5. The Labute approximate surface area is 142 Å². The Morgan fingerprint density at radius 2 is 1.74 bits per heavy atom. The van der Waals surface area contributed by atoms with Gasteiger partial charge in [-0.2, -0.15) is 0 Å². The van der Waals surface area contributed by atoms with Crippen LogP contribution in [0.25, 0.3) is 0 Å². The van der Waals surface area contributed by atoms with Crippen molar-refractivity contribution in [1.82, 2.24) is 10.2 Å². The third-order valence-electron chi connectivity index (χ3n) is 3.69. The Bertz CT molecular complexity index is 639. The van der Waals surface area contributed by atoms with Gasteiger partial charge >= 0.3 is 0 Å². The van der Waals surface area contributed by atoms with Crippen molar-refractivity contribution in [2.75, 3.05) is 27.7 Å². The van der Waals surface area contributed by atoms with E-state index in [-0.39, 0.29) is 11.9 Å². The molecule has 4 nitrogen and oxygen atoms in total. The lowest BCUT2D eigenvalue weighted by Gasteiger charge is -2.25. The number of nitrogens with zero attached hydrogens (tertiary/aromatic N) is 1. The van der Waals surface area contributed by atoms with E-state index in [1.54, 1.807) is 31.4 Å². The van der Waals surface area contributed by atoms with E-state index < -0.39 is 0 Å². The molecule has 0 saturated heterocycles. The van der Waals surface area contributed by atoms with E-state index in [2.05, 4.69) is 10.2 Å². The summed E-state index contributed by atoms with van der Waals surface area (Å²) in [6.07, 6.45) is 0. The molecule has 1 atom stereocenters. The minimum Gasteiger partial charge on any atom is -0.497 e. The van der Waals surface area contributed by atoms with Crippen molar-refractivity contribution in [3.8, 4) is 5.75 Å². The molecule has 2 aromatic rings. The molecule has 0 heterocycles. The van der Waals surface area contributed by atoms with E-state index >= 15 is 0 Å². The second-order valence-electron chi connectivity index (χ2n) is 5.47. The van der Waals surface area contributed by atoms with E-state index in [4.69, 9.17) is 16.3 Å². The minimum absolute atomic E-state index is 0.0807. The van der Waals surface area contributed by atoms with Gasteiger partial charge in [0.1, 0.15) is 5.75 Å². The third-order valence-corrected chi connectivity index (χ3v) is 3.94. The molecule has 23 heavy (non-hydrogen) atoms.